The van der Waals surface area contributed by atoms with Gasteiger partial charge in [0.15, 0.2) is 0 Å². The lowest BCUT2D eigenvalue weighted by Gasteiger charge is -2.44. The lowest BCUT2D eigenvalue weighted by atomic mass is 9.80. The minimum absolute atomic E-state index is 0.0307. The monoisotopic (exact) mass is 309 g/mol. The molecular weight excluding hydrogens is 290 g/mol. The van der Waals surface area contributed by atoms with Crippen molar-refractivity contribution >= 4 is 17.5 Å². The van der Waals surface area contributed by atoms with E-state index < -0.39 is 5.60 Å². The second-order valence-corrected chi connectivity index (χ2v) is 6.50. The zero-order valence-corrected chi connectivity index (χ0v) is 12.8. The standard InChI is InChI=1S/C16H20ClNO3/c1-21-10-15(19)18-13-6-7-14(18)9-16(20,8-13)11-2-4-12(17)5-3-11/h2-5,13-14,20H,6-10H2,1H3/t13-,14-/m0/s1. The maximum Gasteiger partial charge on any atom is 0.249 e. The number of nitrogens with zero attached hydrogens (tertiary/aromatic N) is 1. The average Bonchev–Trinajstić information content (AvgIpc) is 2.73. The lowest BCUT2D eigenvalue weighted by molar-refractivity contribution is -0.145. The van der Waals surface area contributed by atoms with Crippen LogP contribution in [0.4, 0.5) is 0 Å². The number of amides is 1. The number of hydrogen-bond acceptors (Lipinski definition) is 3. The van der Waals surface area contributed by atoms with Gasteiger partial charge in [-0.05, 0) is 30.5 Å². The molecule has 2 aliphatic rings. The normalized spacial score (nSPS) is 31.5. The maximum atomic E-state index is 12.2. The van der Waals surface area contributed by atoms with Crippen LogP contribution in [0.25, 0.3) is 0 Å². The summed E-state index contributed by atoms with van der Waals surface area (Å²) in [5.41, 5.74) is 0.0305. The van der Waals surface area contributed by atoms with Crippen molar-refractivity contribution in [3.05, 3.63) is 34.9 Å². The molecule has 0 radical (unpaired) electrons. The molecule has 2 bridgehead atoms. The highest BCUT2D eigenvalue weighted by atomic mass is 35.5. The summed E-state index contributed by atoms with van der Waals surface area (Å²) >= 11 is 5.92. The molecule has 0 aliphatic carbocycles. The summed E-state index contributed by atoms with van der Waals surface area (Å²) in [5, 5.41) is 11.7. The van der Waals surface area contributed by atoms with E-state index >= 15 is 0 Å². The summed E-state index contributed by atoms with van der Waals surface area (Å²) < 4.78 is 4.96. The molecule has 0 aromatic heterocycles. The Morgan fingerprint density at radius 3 is 2.43 bits per heavy atom. The summed E-state index contributed by atoms with van der Waals surface area (Å²) in [6.45, 7) is 0.117. The minimum atomic E-state index is -0.861. The molecule has 114 valence electrons. The number of hydrogen-bond donors (Lipinski definition) is 1. The van der Waals surface area contributed by atoms with E-state index in [4.69, 9.17) is 16.3 Å². The molecule has 2 atom stereocenters. The number of ether oxygens (including phenoxy) is 1. The van der Waals surface area contributed by atoms with Gasteiger partial charge in [0.1, 0.15) is 6.61 Å². The molecule has 5 heteroatoms. The Kier molecular flexibility index (Phi) is 3.95. The minimum Gasteiger partial charge on any atom is -0.385 e. The number of piperidine rings is 1. The molecule has 2 saturated heterocycles. The predicted molar refractivity (Wildman–Crippen MR) is 80.1 cm³/mol. The maximum absolute atomic E-state index is 12.2. The zero-order chi connectivity index (χ0) is 15.0. The van der Waals surface area contributed by atoms with Crippen molar-refractivity contribution in [1.29, 1.82) is 0 Å². The van der Waals surface area contributed by atoms with E-state index in [0.717, 1.165) is 18.4 Å². The van der Waals surface area contributed by atoms with Crippen LogP contribution < -0.4 is 0 Å². The molecule has 1 aromatic rings. The zero-order valence-electron chi connectivity index (χ0n) is 12.1. The van der Waals surface area contributed by atoms with Gasteiger partial charge in [-0.2, -0.15) is 0 Å². The van der Waals surface area contributed by atoms with E-state index in [1.54, 1.807) is 12.1 Å². The van der Waals surface area contributed by atoms with Crippen LogP contribution in [0.5, 0.6) is 0 Å². The van der Waals surface area contributed by atoms with Gasteiger partial charge in [0.2, 0.25) is 5.91 Å². The molecule has 1 amide bonds. The highest BCUT2D eigenvalue weighted by molar-refractivity contribution is 6.30. The Hall–Kier alpha value is -1.10. The van der Waals surface area contributed by atoms with Crippen LogP contribution in [0.3, 0.4) is 0 Å². The Bertz CT molecular complexity index is 517. The van der Waals surface area contributed by atoms with Crippen LogP contribution in [-0.2, 0) is 15.1 Å². The Labute approximate surface area is 129 Å². The van der Waals surface area contributed by atoms with Crippen LogP contribution >= 0.6 is 11.6 Å². The molecule has 0 spiro atoms. The van der Waals surface area contributed by atoms with Crippen LogP contribution in [0.2, 0.25) is 5.02 Å². The smallest absolute Gasteiger partial charge is 0.249 e. The third kappa shape index (κ3) is 2.68. The van der Waals surface area contributed by atoms with E-state index in [1.165, 1.54) is 7.11 Å². The van der Waals surface area contributed by atoms with Gasteiger partial charge in [0, 0.05) is 37.1 Å². The van der Waals surface area contributed by atoms with E-state index in [2.05, 4.69) is 0 Å². The summed E-state index contributed by atoms with van der Waals surface area (Å²) in [7, 11) is 1.54. The number of aliphatic hydroxyl groups is 1. The highest BCUT2D eigenvalue weighted by Gasteiger charge is 2.49. The van der Waals surface area contributed by atoms with Crippen molar-refractivity contribution in [2.75, 3.05) is 13.7 Å². The molecule has 0 unspecified atom stereocenters. The Balaban J connectivity index is 1.81. The van der Waals surface area contributed by atoms with Gasteiger partial charge in [-0.1, -0.05) is 23.7 Å². The van der Waals surface area contributed by atoms with Gasteiger partial charge < -0.3 is 14.7 Å². The number of carbonyl (C=O) groups is 1. The summed E-state index contributed by atoms with van der Waals surface area (Å²) in [4.78, 5) is 14.1. The molecule has 0 saturated carbocycles. The van der Waals surface area contributed by atoms with Crippen LogP contribution in [-0.4, -0.2) is 41.7 Å². The van der Waals surface area contributed by atoms with Crippen molar-refractivity contribution < 1.29 is 14.6 Å². The fourth-order valence-corrected chi connectivity index (χ4v) is 3.95. The van der Waals surface area contributed by atoms with Gasteiger partial charge in [-0.25, -0.2) is 0 Å². The van der Waals surface area contributed by atoms with Crippen LogP contribution in [0, 0.1) is 0 Å². The Morgan fingerprint density at radius 1 is 1.33 bits per heavy atom. The van der Waals surface area contributed by atoms with Crippen LogP contribution in [0.1, 0.15) is 31.2 Å². The first-order valence-electron chi connectivity index (χ1n) is 7.32. The van der Waals surface area contributed by atoms with Crippen molar-refractivity contribution in [2.45, 2.75) is 43.4 Å². The van der Waals surface area contributed by atoms with Crippen molar-refractivity contribution in [2.24, 2.45) is 0 Å². The van der Waals surface area contributed by atoms with E-state index in [1.807, 2.05) is 17.0 Å². The topological polar surface area (TPSA) is 49.8 Å². The number of methoxy groups -OCH3 is 1. The van der Waals surface area contributed by atoms with Crippen LogP contribution in [0.15, 0.2) is 24.3 Å². The highest BCUT2D eigenvalue weighted by Crippen LogP contribution is 2.45. The first-order valence-corrected chi connectivity index (χ1v) is 7.70. The van der Waals surface area contributed by atoms with E-state index in [-0.39, 0.29) is 24.6 Å². The molecule has 3 rings (SSSR count). The van der Waals surface area contributed by atoms with Gasteiger partial charge in [-0.3, -0.25) is 4.79 Å². The van der Waals surface area contributed by atoms with Crippen molar-refractivity contribution in [1.82, 2.24) is 4.90 Å². The number of halogens is 1. The lowest BCUT2D eigenvalue weighted by Crippen LogP contribution is -2.52. The molecule has 1 aromatic carbocycles. The molecule has 1 N–H and O–H groups in total. The summed E-state index contributed by atoms with van der Waals surface area (Å²) in [6, 6.07) is 7.58. The summed E-state index contributed by atoms with van der Waals surface area (Å²) in [5.74, 6) is 0.0307. The first-order chi connectivity index (χ1) is 10.0. The van der Waals surface area contributed by atoms with Gasteiger partial charge in [0.05, 0.1) is 5.60 Å². The quantitative estimate of drug-likeness (QED) is 0.932. The second kappa shape index (κ2) is 5.59. The third-order valence-electron chi connectivity index (χ3n) is 4.70. The average molecular weight is 310 g/mol. The fourth-order valence-electron chi connectivity index (χ4n) is 3.83. The number of carbonyl (C=O) groups excluding carboxylic acids is 1. The summed E-state index contributed by atoms with van der Waals surface area (Å²) in [6.07, 6.45) is 3.08. The third-order valence-corrected chi connectivity index (χ3v) is 4.96. The molecular formula is C16H20ClNO3. The van der Waals surface area contributed by atoms with Gasteiger partial charge >= 0.3 is 0 Å². The SMILES string of the molecule is COCC(=O)N1[C@H]2CC[C@H]1CC(O)(c1ccc(Cl)cc1)C2. The molecule has 4 nitrogen and oxygen atoms in total. The number of benzene rings is 1. The molecule has 2 heterocycles. The van der Waals surface area contributed by atoms with Crippen molar-refractivity contribution in [3.63, 3.8) is 0 Å². The first kappa shape index (κ1) is 14.8. The number of fused-ring (bicyclic) bond motifs is 2. The van der Waals surface area contributed by atoms with Crippen molar-refractivity contribution in [3.8, 4) is 0 Å². The molecule has 2 fully saturated rings. The predicted octanol–water partition coefficient (Wildman–Crippen LogP) is 2.33. The van der Waals surface area contributed by atoms with Gasteiger partial charge in [0.25, 0.3) is 0 Å². The number of rotatable bonds is 3. The van der Waals surface area contributed by atoms with E-state index in [0.29, 0.717) is 17.9 Å². The molecule has 2 aliphatic heterocycles. The Morgan fingerprint density at radius 2 is 1.90 bits per heavy atom. The largest absolute Gasteiger partial charge is 0.385 e. The fraction of sp³-hybridized carbons (Fsp3) is 0.562. The second-order valence-electron chi connectivity index (χ2n) is 6.07. The van der Waals surface area contributed by atoms with Gasteiger partial charge in [-0.15, -0.1) is 0 Å². The molecule has 21 heavy (non-hydrogen) atoms. The van der Waals surface area contributed by atoms with E-state index in [9.17, 15) is 9.90 Å².